The van der Waals surface area contributed by atoms with Gasteiger partial charge in [0.05, 0.1) is 7.11 Å². The summed E-state index contributed by atoms with van der Waals surface area (Å²) >= 11 is 4.44. The zero-order valence-electron chi connectivity index (χ0n) is 10.5. The molecule has 0 saturated carbocycles. The SMILES string of the molecule is COC(=O)c1c(Br)csc1NC(=O)OC(C)(C)C. The van der Waals surface area contributed by atoms with Gasteiger partial charge in [-0.15, -0.1) is 11.3 Å². The van der Waals surface area contributed by atoms with Crippen molar-refractivity contribution < 1.29 is 19.1 Å². The Bertz CT molecular complexity index is 464. The van der Waals surface area contributed by atoms with Gasteiger partial charge in [-0.3, -0.25) is 5.32 Å². The molecule has 0 radical (unpaired) electrons. The highest BCUT2D eigenvalue weighted by Crippen LogP contribution is 2.33. The minimum Gasteiger partial charge on any atom is -0.465 e. The number of carbonyl (C=O) groups excluding carboxylic acids is 2. The van der Waals surface area contributed by atoms with Crippen LogP contribution in [0, 0.1) is 0 Å². The fraction of sp³-hybridized carbons (Fsp3) is 0.455. The summed E-state index contributed by atoms with van der Waals surface area (Å²) in [6.07, 6.45) is -0.609. The molecule has 1 aromatic rings. The van der Waals surface area contributed by atoms with Gasteiger partial charge < -0.3 is 9.47 Å². The molecule has 7 heteroatoms. The summed E-state index contributed by atoms with van der Waals surface area (Å²) in [4.78, 5) is 23.2. The van der Waals surface area contributed by atoms with Gasteiger partial charge in [0.2, 0.25) is 0 Å². The van der Waals surface area contributed by atoms with Crippen molar-refractivity contribution in [1.82, 2.24) is 0 Å². The number of thiophene rings is 1. The van der Waals surface area contributed by atoms with Crippen LogP contribution in [0.15, 0.2) is 9.85 Å². The third kappa shape index (κ3) is 3.99. The monoisotopic (exact) mass is 335 g/mol. The van der Waals surface area contributed by atoms with E-state index in [1.165, 1.54) is 18.4 Å². The number of anilines is 1. The van der Waals surface area contributed by atoms with Crippen LogP contribution in [0.1, 0.15) is 31.1 Å². The lowest BCUT2D eigenvalue weighted by molar-refractivity contribution is 0.0601. The first-order valence-electron chi connectivity index (χ1n) is 5.10. The van der Waals surface area contributed by atoms with Gasteiger partial charge >= 0.3 is 12.1 Å². The lowest BCUT2D eigenvalue weighted by Crippen LogP contribution is -2.27. The van der Waals surface area contributed by atoms with Crippen LogP contribution < -0.4 is 5.32 Å². The second-order valence-corrected chi connectivity index (χ2v) is 6.14. The fourth-order valence-corrected chi connectivity index (χ4v) is 2.68. The van der Waals surface area contributed by atoms with E-state index in [0.29, 0.717) is 9.47 Å². The average molecular weight is 336 g/mol. The Balaban J connectivity index is 2.86. The van der Waals surface area contributed by atoms with Crippen molar-refractivity contribution in [2.24, 2.45) is 0 Å². The molecule has 0 aliphatic carbocycles. The summed E-state index contributed by atoms with van der Waals surface area (Å²) in [5.41, 5.74) is -0.308. The third-order valence-corrected chi connectivity index (χ3v) is 3.57. The topological polar surface area (TPSA) is 64.6 Å². The van der Waals surface area contributed by atoms with Crippen LogP contribution in [0.5, 0.6) is 0 Å². The molecule has 1 heterocycles. The summed E-state index contributed by atoms with van der Waals surface area (Å²) in [6, 6.07) is 0. The minimum atomic E-state index is -0.609. The maximum Gasteiger partial charge on any atom is 0.412 e. The van der Waals surface area contributed by atoms with Crippen LogP contribution in [-0.4, -0.2) is 24.8 Å². The summed E-state index contributed by atoms with van der Waals surface area (Å²) in [6.45, 7) is 5.29. The number of rotatable bonds is 2. The van der Waals surface area contributed by atoms with Gasteiger partial charge in [0.15, 0.2) is 0 Å². The summed E-state index contributed by atoms with van der Waals surface area (Å²) in [7, 11) is 1.28. The van der Waals surface area contributed by atoms with E-state index in [9.17, 15) is 9.59 Å². The predicted octanol–water partition coefficient (Wildman–Crippen LogP) is 3.64. The molecule has 0 atom stereocenters. The molecule has 0 unspecified atom stereocenters. The molecule has 1 rings (SSSR count). The van der Waals surface area contributed by atoms with Gasteiger partial charge in [0.1, 0.15) is 16.2 Å². The van der Waals surface area contributed by atoms with E-state index in [1.807, 2.05) is 0 Å². The molecule has 0 fully saturated rings. The number of carbonyl (C=O) groups is 2. The summed E-state index contributed by atoms with van der Waals surface area (Å²) in [5, 5.41) is 4.61. The molecule has 0 bridgehead atoms. The van der Waals surface area contributed by atoms with Gasteiger partial charge in [0.25, 0.3) is 0 Å². The molecule has 18 heavy (non-hydrogen) atoms. The zero-order valence-corrected chi connectivity index (χ0v) is 12.9. The highest BCUT2D eigenvalue weighted by molar-refractivity contribution is 9.10. The predicted molar refractivity (Wildman–Crippen MR) is 73.2 cm³/mol. The molecular weight excluding hydrogens is 322 g/mol. The first-order chi connectivity index (χ1) is 8.24. The summed E-state index contributed by atoms with van der Waals surface area (Å²) < 4.78 is 10.3. The average Bonchev–Trinajstić information content (AvgIpc) is 2.56. The number of esters is 1. The lowest BCUT2D eigenvalue weighted by Gasteiger charge is -2.19. The molecule has 1 aromatic heterocycles. The molecule has 100 valence electrons. The van der Waals surface area contributed by atoms with Crippen molar-refractivity contribution in [1.29, 1.82) is 0 Å². The Morgan fingerprint density at radius 3 is 2.50 bits per heavy atom. The van der Waals surface area contributed by atoms with Gasteiger partial charge in [-0.1, -0.05) is 0 Å². The zero-order chi connectivity index (χ0) is 13.9. The molecule has 1 N–H and O–H groups in total. The van der Waals surface area contributed by atoms with Crippen LogP contribution in [0.4, 0.5) is 9.80 Å². The smallest absolute Gasteiger partial charge is 0.412 e. The molecular formula is C11H14BrNO4S. The largest absolute Gasteiger partial charge is 0.465 e. The minimum absolute atomic E-state index is 0.286. The number of ether oxygens (including phenoxy) is 2. The molecule has 0 aliphatic rings. The van der Waals surface area contributed by atoms with E-state index in [4.69, 9.17) is 4.74 Å². The van der Waals surface area contributed by atoms with Crippen LogP contribution in [0.25, 0.3) is 0 Å². The number of hydrogen-bond donors (Lipinski definition) is 1. The van der Waals surface area contributed by atoms with E-state index in [-0.39, 0.29) is 5.56 Å². The highest BCUT2D eigenvalue weighted by atomic mass is 79.9. The van der Waals surface area contributed by atoms with Crippen molar-refractivity contribution in [2.45, 2.75) is 26.4 Å². The number of amides is 1. The number of nitrogens with one attached hydrogen (secondary N) is 1. The van der Waals surface area contributed by atoms with Gasteiger partial charge in [-0.05, 0) is 36.7 Å². The standard InChI is InChI=1S/C11H14BrNO4S/c1-11(2,3)17-10(15)13-8-7(9(14)16-4)6(12)5-18-8/h5H,1-4H3,(H,13,15). The van der Waals surface area contributed by atoms with Gasteiger partial charge in [-0.2, -0.15) is 0 Å². The van der Waals surface area contributed by atoms with Crippen molar-refractivity contribution in [3.8, 4) is 0 Å². The Kier molecular flexibility index (Phi) is 4.75. The Morgan fingerprint density at radius 1 is 1.39 bits per heavy atom. The van der Waals surface area contributed by atoms with E-state index in [2.05, 4.69) is 26.0 Å². The van der Waals surface area contributed by atoms with Crippen molar-refractivity contribution in [3.05, 3.63) is 15.4 Å². The van der Waals surface area contributed by atoms with Crippen LogP contribution >= 0.6 is 27.3 Å². The molecule has 1 amide bonds. The lowest BCUT2D eigenvalue weighted by atomic mass is 10.2. The first kappa shape index (κ1) is 15.0. The number of methoxy groups -OCH3 is 1. The van der Waals surface area contributed by atoms with E-state index in [1.54, 1.807) is 26.2 Å². The van der Waals surface area contributed by atoms with Gasteiger partial charge in [-0.25, -0.2) is 9.59 Å². The Hall–Kier alpha value is -1.08. The third-order valence-electron chi connectivity index (χ3n) is 1.75. The maximum atomic E-state index is 11.6. The first-order valence-corrected chi connectivity index (χ1v) is 6.77. The van der Waals surface area contributed by atoms with E-state index >= 15 is 0 Å². The van der Waals surface area contributed by atoms with E-state index in [0.717, 1.165) is 0 Å². The van der Waals surface area contributed by atoms with Crippen molar-refractivity contribution in [3.63, 3.8) is 0 Å². The molecule has 0 aromatic carbocycles. The molecule has 0 aliphatic heterocycles. The highest BCUT2D eigenvalue weighted by Gasteiger charge is 2.22. The maximum absolute atomic E-state index is 11.6. The molecule has 5 nitrogen and oxygen atoms in total. The number of hydrogen-bond acceptors (Lipinski definition) is 5. The van der Waals surface area contributed by atoms with Crippen molar-refractivity contribution in [2.75, 3.05) is 12.4 Å². The number of halogens is 1. The second kappa shape index (κ2) is 5.71. The summed E-state index contributed by atoms with van der Waals surface area (Å²) in [5.74, 6) is -0.519. The Labute approximate surface area is 118 Å². The van der Waals surface area contributed by atoms with Crippen LogP contribution in [-0.2, 0) is 9.47 Å². The molecule has 0 saturated heterocycles. The fourth-order valence-electron chi connectivity index (χ4n) is 1.12. The van der Waals surface area contributed by atoms with Crippen LogP contribution in [0.3, 0.4) is 0 Å². The second-order valence-electron chi connectivity index (χ2n) is 4.41. The van der Waals surface area contributed by atoms with E-state index < -0.39 is 17.7 Å². The van der Waals surface area contributed by atoms with Crippen LogP contribution in [0.2, 0.25) is 0 Å². The Morgan fingerprint density at radius 2 is 2.00 bits per heavy atom. The van der Waals surface area contributed by atoms with Crippen molar-refractivity contribution >= 4 is 44.3 Å². The van der Waals surface area contributed by atoms with Gasteiger partial charge in [0, 0.05) is 9.85 Å². The quantitative estimate of drug-likeness (QED) is 0.838. The normalized spacial score (nSPS) is 10.9. The molecule has 0 spiro atoms.